The molecule has 0 saturated carbocycles. The summed E-state index contributed by atoms with van der Waals surface area (Å²) in [5, 5.41) is 0. The molecule has 2 aliphatic rings. The second-order valence-electron chi connectivity index (χ2n) is 7.98. The molecule has 0 bridgehead atoms. The van der Waals surface area contributed by atoms with Crippen LogP contribution in [0.5, 0.6) is 0 Å². The number of likely N-dealkylation sites (N-methyl/N-ethyl adjacent to an activating group) is 1. The highest BCUT2D eigenvalue weighted by atomic mass is 19.1. The fourth-order valence-electron chi connectivity index (χ4n) is 4.45. The van der Waals surface area contributed by atoms with Gasteiger partial charge in [0.25, 0.3) is 0 Å². The largest absolute Gasteiger partial charge is 0.358 e. The second-order valence-corrected chi connectivity index (χ2v) is 7.98. The van der Waals surface area contributed by atoms with Crippen LogP contribution in [0.4, 0.5) is 10.2 Å². The maximum Gasteiger partial charge on any atom is 0.135 e. The predicted octanol–water partition coefficient (Wildman–Crippen LogP) is 2.45. The zero-order valence-electron chi connectivity index (χ0n) is 16.5. The maximum absolute atomic E-state index is 14.2. The van der Waals surface area contributed by atoms with E-state index in [9.17, 15) is 4.39 Å². The van der Waals surface area contributed by atoms with Crippen LogP contribution in [0.3, 0.4) is 0 Å². The molecule has 1 aliphatic carbocycles. The third-order valence-electron chi connectivity index (χ3n) is 5.86. The number of aryl methyl sites for hydroxylation is 3. The first-order valence-corrected chi connectivity index (χ1v) is 9.93. The number of alkyl halides is 1. The third kappa shape index (κ3) is 3.83. The van der Waals surface area contributed by atoms with Crippen molar-refractivity contribution in [2.45, 2.75) is 57.8 Å². The number of hydrogen-bond donors (Lipinski definition) is 0. The summed E-state index contributed by atoms with van der Waals surface area (Å²) in [5.41, 5.74) is 2.50. The highest BCUT2D eigenvalue weighted by Crippen LogP contribution is 2.29. The van der Waals surface area contributed by atoms with Crippen LogP contribution in [0.2, 0.25) is 0 Å². The van der Waals surface area contributed by atoms with E-state index in [1.807, 2.05) is 24.7 Å². The molecule has 3 heterocycles. The Hall–Kier alpha value is -2.02. The number of nitrogens with zero attached hydrogens (tertiary/aromatic N) is 6. The third-order valence-corrected chi connectivity index (χ3v) is 5.86. The Bertz CT molecular complexity index is 804. The molecule has 2 atom stereocenters. The minimum absolute atomic E-state index is 0.163. The van der Waals surface area contributed by atoms with E-state index in [2.05, 4.69) is 26.8 Å². The maximum atomic E-state index is 14.2. The molecule has 2 aromatic heterocycles. The lowest BCUT2D eigenvalue weighted by atomic mass is 9.96. The number of rotatable bonds is 5. The quantitative estimate of drug-likeness (QED) is 0.807. The van der Waals surface area contributed by atoms with E-state index >= 15 is 0 Å². The number of halogens is 1. The van der Waals surface area contributed by atoms with Crippen molar-refractivity contribution in [2.24, 2.45) is 7.05 Å². The molecule has 27 heavy (non-hydrogen) atoms. The Morgan fingerprint density at radius 2 is 2.07 bits per heavy atom. The van der Waals surface area contributed by atoms with Crippen molar-refractivity contribution in [1.29, 1.82) is 0 Å². The van der Waals surface area contributed by atoms with Crippen molar-refractivity contribution in [3.63, 3.8) is 0 Å². The van der Waals surface area contributed by atoms with Crippen LogP contribution >= 0.6 is 0 Å². The van der Waals surface area contributed by atoms with E-state index in [-0.39, 0.29) is 6.04 Å². The van der Waals surface area contributed by atoms with Gasteiger partial charge in [0.15, 0.2) is 0 Å². The fraction of sp³-hybridized carbons (Fsp3) is 0.650. The zero-order chi connectivity index (χ0) is 19.0. The van der Waals surface area contributed by atoms with E-state index in [1.54, 1.807) is 6.20 Å². The number of likely N-dealkylation sites (tertiary alicyclic amines) is 1. The molecule has 7 heteroatoms. The molecule has 0 radical (unpaired) electrons. The molecule has 1 fully saturated rings. The predicted molar refractivity (Wildman–Crippen MR) is 104 cm³/mol. The Labute approximate surface area is 160 Å². The van der Waals surface area contributed by atoms with E-state index in [4.69, 9.17) is 4.98 Å². The molecular formula is C20H29FN6. The Kier molecular flexibility index (Phi) is 5.12. The topological polar surface area (TPSA) is 50.1 Å². The molecule has 1 saturated heterocycles. The summed E-state index contributed by atoms with van der Waals surface area (Å²) in [5.74, 6) is 2.85. The van der Waals surface area contributed by atoms with Crippen LogP contribution in [0.25, 0.3) is 0 Å². The van der Waals surface area contributed by atoms with Crippen molar-refractivity contribution in [3.8, 4) is 0 Å². The van der Waals surface area contributed by atoms with Crippen molar-refractivity contribution < 1.29 is 4.39 Å². The lowest BCUT2D eigenvalue weighted by Crippen LogP contribution is -2.39. The van der Waals surface area contributed by atoms with Crippen LogP contribution in [0.15, 0.2) is 12.4 Å². The van der Waals surface area contributed by atoms with Crippen molar-refractivity contribution in [3.05, 3.63) is 35.3 Å². The van der Waals surface area contributed by atoms with Gasteiger partial charge in [-0.25, -0.2) is 19.3 Å². The van der Waals surface area contributed by atoms with Gasteiger partial charge in [-0.3, -0.25) is 4.90 Å². The van der Waals surface area contributed by atoms with Gasteiger partial charge in [0.1, 0.15) is 23.6 Å². The first kappa shape index (κ1) is 18.3. The second kappa shape index (κ2) is 7.54. The minimum atomic E-state index is -0.773. The SMILES string of the molecule is Cc1nc2c(c(N(C)C[C@@H]3C[C@H](F)CN3Cc3nccn3C)n1)CCCC2. The van der Waals surface area contributed by atoms with E-state index in [0.29, 0.717) is 19.5 Å². The van der Waals surface area contributed by atoms with Gasteiger partial charge in [-0.15, -0.1) is 0 Å². The number of fused-ring (bicyclic) bond motifs is 1. The molecule has 146 valence electrons. The summed E-state index contributed by atoms with van der Waals surface area (Å²) in [6, 6.07) is 0.163. The normalized spacial score (nSPS) is 22.8. The van der Waals surface area contributed by atoms with E-state index in [0.717, 1.165) is 36.9 Å². The molecule has 1 aliphatic heterocycles. The molecule has 0 spiro atoms. The van der Waals surface area contributed by atoms with Gasteiger partial charge in [0, 0.05) is 56.9 Å². The van der Waals surface area contributed by atoms with Gasteiger partial charge in [0.05, 0.1) is 6.54 Å². The average molecular weight is 372 g/mol. The van der Waals surface area contributed by atoms with Gasteiger partial charge in [0.2, 0.25) is 0 Å². The smallest absolute Gasteiger partial charge is 0.135 e. The number of aromatic nitrogens is 4. The average Bonchev–Trinajstić information content (AvgIpc) is 3.19. The summed E-state index contributed by atoms with van der Waals surface area (Å²) in [6.45, 7) is 3.90. The van der Waals surface area contributed by atoms with Crippen LogP contribution < -0.4 is 4.90 Å². The lowest BCUT2D eigenvalue weighted by molar-refractivity contribution is 0.229. The van der Waals surface area contributed by atoms with Gasteiger partial charge in [-0.1, -0.05) is 0 Å². The molecular weight excluding hydrogens is 343 g/mol. The number of anilines is 1. The summed E-state index contributed by atoms with van der Waals surface area (Å²) in [4.78, 5) is 18.3. The van der Waals surface area contributed by atoms with Crippen LogP contribution in [-0.2, 0) is 26.4 Å². The minimum Gasteiger partial charge on any atom is -0.358 e. The Balaban J connectivity index is 1.52. The monoisotopic (exact) mass is 372 g/mol. The summed E-state index contributed by atoms with van der Waals surface area (Å²) < 4.78 is 16.2. The highest BCUT2D eigenvalue weighted by molar-refractivity contribution is 5.50. The number of hydrogen-bond acceptors (Lipinski definition) is 5. The summed E-state index contributed by atoms with van der Waals surface area (Å²) >= 11 is 0. The molecule has 0 unspecified atom stereocenters. The zero-order valence-corrected chi connectivity index (χ0v) is 16.5. The lowest BCUT2D eigenvalue weighted by Gasteiger charge is -2.31. The Morgan fingerprint density at radius 1 is 1.26 bits per heavy atom. The Morgan fingerprint density at radius 3 is 2.85 bits per heavy atom. The summed E-state index contributed by atoms with van der Waals surface area (Å²) in [6.07, 6.45) is 8.03. The van der Waals surface area contributed by atoms with Gasteiger partial charge in [-0.2, -0.15) is 0 Å². The van der Waals surface area contributed by atoms with Gasteiger partial charge >= 0.3 is 0 Å². The van der Waals surface area contributed by atoms with Crippen LogP contribution in [0, 0.1) is 6.92 Å². The number of imidazole rings is 1. The highest BCUT2D eigenvalue weighted by Gasteiger charge is 2.34. The first-order valence-electron chi connectivity index (χ1n) is 9.93. The molecule has 6 nitrogen and oxygen atoms in total. The van der Waals surface area contributed by atoms with Crippen molar-refractivity contribution in [1.82, 2.24) is 24.4 Å². The van der Waals surface area contributed by atoms with Crippen LogP contribution in [0.1, 0.15) is 42.2 Å². The molecule has 2 aromatic rings. The molecule has 0 amide bonds. The van der Waals surface area contributed by atoms with Gasteiger partial charge < -0.3 is 9.47 Å². The van der Waals surface area contributed by atoms with E-state index < -0.39 is 6.17 Å². The summed E-state index contributed by atoms with van der Waals surface area (Å²) in [7, 11) is 4.07. The van der Waals surface area contributed by atoms with Crippen molar-refractivity contribution >= 4 is 5.82 Å². The molecule has 0 N–H and O–H groups in total. The molecule has 0 aromatic carbocycles. The fourth-order valence-corrected chi connectivity index (χ4v) is 4.45. The van der Waals surface area contributed by atoms with Gasteiger partial charge in [-0.05, 0) is 39.0 Å². The van der Waals surface area contributed by atoms with Crippen LogP contribution in [-0.4, -0.2) is 56.8 Å². The molecule has 4 rings (SSSR count). The first-order chi connectivity index (χ1) is 13.0. The standard InChI is InChI=1S/C20H29FN6/c1-14-23-18-7-5-4-6-17(18)20(24-14)26(3)12-16-10-15(21)11-27(16)13-19-22-8-9-25(19)2/h8-9,15-16H,4-7,10-13H2,1-3H3/t15-,16-/m0/s1. The van der Waals surface area contributed by atoms with Crippen molar-refractivity contribution in [2.75, 3.05) is 25.0 Å². The van der Waals surface area contributed by atoms with E-state index in [1.165, 1.54) is 24.1 Å².